The van der Waals surface area contributed by atoms with Gasteiger partial charge in [0.15, 0.2) is 0 Å². The van der Waals surface area contributed by atoms with Crippen LogP contribution in [0.2, 0.25) is 0 Å². The first-order chi connectivity index (χ1) is 15.1. The summed E-state index contributed by atoms with van der Waals surface area (Å²) in [5, 5.41) is 2.97. The van der Waals surface area contributed by atoms with Crippen LogP contribution in [0.25, 0.3) is 0 Å². The fraction of sp³-hybridized carbons (Fsp3) is 0.417. The molecule has 4 rings (SSSR count). The molecule has 2 aromatic rings. The number of hydrogen-bond acceptors (Lipinski definition) is 4. The Balaban J connectivity index is 1.22. The molecule has 0 radical (unpaired) electrons. The van der Waals surface area contributed by atoms with Gasteiger partial charge < -0.3 is 15.1 Å². The van der Waals surface area contributed by atoms with Gasteiger partial charge in [-0.05, 0) is 36.5 Å². The summed E-state index contributed by atoms with van der Waals surface area (Å²) in [5.41, 5.74) is 1.64. The Labute approximate surface area is 182 Å². The Bertz CT molecular complexity index is 911. The lowest BCUT2D eigenvalue weighted by Gasteiger charge is -2.33. The lowest BCUT2D eigenvalue weighted by molar-refractivity contribution is -0.137. The van der Waals surface area contributed by atoms with Crippen molar-refractivity contribution in [2.75, 3.05) is 26.2 Å². The standard InChI is InChI=1S/C24H28N4O3/c29-22-13-21(17-28(22)16-19-5-2-1-3-6-19)24(31)27-11-8-18(9-12-27)14-26-23(30)20-7-4-10-25-15-20/h1-7,10,15,18,21H,8-9,11-14,16-17H2,(H,26,30). The number of piperidine rings is 1. The molecule has 162 valence electrons. The van der Waals surface area contributed by atoms with Gasteiger partial charge in [-0.15, -0.1) is 0 Å². The van der Waals surface area contributed by atoms with Crippen molar-refractivity contribution in [3.63, 3.8) is 0 Å². The molecule has 1 atom stereocenters. The normalized spacial score (nSPS) is 19.5. The molecule has 7 heteroatoms. The maximum atomic E-state index is 13.0. The zero-order chi connectivity index (χ0) is 21.6. The van der Waals surface area contributed by atoms with Crippen LogP contribution in [0, 0.1) is 11.8 Å². The molecule has 31 heavy (non-hydrogen) atoms. The first-order valence-electron chi connectivity index (χ1n) is 10.9. The molecule has 1 N–H and O–H groups in total. The number of likely N-dealkylation sites (tertiary alicyclic amines) is 2. The van der Waals surface area contributed by atoms with Crippen molar-refractivity contribution in [3.8, 4) is 0 Å². The molecule has 1 aromatic carbocycles. The summed E-state index contributed by atoms with van der Waals surface area (Å²) in [5.74, 6) is 0.119. The van der Waals surface area contributed by atoms with Crippen LogP contribution in [-0.2, 0) is 16.1 Å². The van der Waals surface area contributed by atoms with Crippen molar-refractivity contribution in [2.45, 2.75) is 25.8 Å². The van der Waals surface area contributed by atoms with Crippen molar-refractivity contribution in [1.29, 1.82) is 0 Å². The van der Waals surface area contributed by atoms with Crippen LogP contribution in [0.4, 0.5) is 0 Å². The van der Waals surface area contributed by atoms with Gasteiger partial charge in [0, 0.05) is 51.5 Å². The Morgan fingerprint density at radius 1 is 1.06 bits per heavy atom. The molecular formula is C24H28N4O3. The molecule has 0 aliphatic carbocycles. The minimum absolute atomic E-state index is 0.0511. The predicted octanol–water partition coefficient (Wildman–Crippen LogP) is 2.10. The van der Waals surface area contributed by atoms with Gasteiger partial charge >= 0.3 is 0 Å². The first kappa shape index (κ1) is 21.0. The molecule has 2 aliphatic rings. The van der Waals surface area contributed by atoms with E-state index in [1.165, 1.54) is 0 Å². The molecule has 2 saturated heterocycles. The number of benzene rings is 1. The van der Waals surface area contributed by atoms with Gasteiger partial charge in [0.05, 0.1) is 11.5 Å². The van der Waals surface area contributed by atoms with E-state index in [4.69, 9.17) is 0 Å². The number of carbonyl (C=O) groups is 3. The summed E-state index contributed by atoms with van der Waals surface area (Å²) < 4.78 is 0. The summed E-state index contributed by atoms with van der Waals surface area (Å²) in [6.45, 7) is 3.00. The number of amides is 3. The smallest absolute Gasteiger partial charge is 0.252 e. The monoisotopic (exact) mass is 420 g/mol. The van der Waals surface area contributed by atoms with E-state index >= 15 is 0 Å². The van der Waals surface area contributed by atoms with Gasteiger partial charge in [0.1, 0.15) is 0 Å². The predicted molar refractivity (Wildman–Crippen MR) is 116 cm³/mol. The Kier molecular flexibility index (Phi) is 6.60. The van der Waals surface area contributed by atoms with Crippen molar-refractivity contribution in [1.82, 2.24) is 20.1 Å². The van der Waals surface area contributed by atoms with Gasteiger partial charge in [-0.1, -0.05) is 30.3 Å². The summed E-state index contributed by atoms with van der Waals surface area (Å²) >= 11 is 0. The second-order valence-electron chi connectivity index (χ2n) is 8.38. The summed E-state index contributed by atoms with van der Waals surface area (Å²) in [6, 6.07) is 13.4. The molecule has 0 saturated carbocycles. The molecule has 3 amide bonds. The van der Waals surface area contributed by atoms with Crippen molar-refractivity contribution >= 4 is 17.7 Å². The molecule has 3 heterocycles. The minimum Gasteiger partial charge on any atom is -0.352 e. The highest BCUT2D eigenvalue weighted by molar-refractivity contribution is 5.93. The molecule has 1 unspecified atom stereocenters. The Morgan fingerprint density at radius 2 is 1.84 bits per heavy atom. The average Bonchev–Trinajstić information content (AvgIpc) is 3.18. The maximum Gasteiger partial charge on any atom is 0.252 e. The SMILES string of the molecule is O=C(NCC1CCN(C(=O)C2CC(=O)N(Cc3ccccc3)C2)CC1)c1cccnc1. The van der Waals surface area contributed by atoms with Gasteiger partial charge in [-0.2, -0.15) is 0 Å². The van der Waals surface area contributed by atoms with Gasteiger partial charge in [-0.3, -0.25) is 19.4 Å². The average molecular weight is 421 g/mol. The zero-order valence-electron chi connectivity index (χ0n) is 17.6. The van der Waals surface area contributed by atoms with Crippen molar-refractivity contribution in [2.24, 2.45) is 11.8 Å². The highest BCUT2D eigenvalue weighted by atomic mass is 16.2. The fourth-order valence-corrected chi connectivity index (χ4v) is 4.35. The quantitative estimate of drug-likeness (QED) is 0.776. The molecular weight excluding hydrogens is 392 g/mol. The lowest BCUT2D eigenvalue weighted by atomic mass is 9.95. The molecule has 0 spiro atoms. The van der Waals surface area contributed by atoms with Crippen LogP contribution < -0.4 is 5.32 Å². The number of rotatable bonds is 6. The minimum atomic E-state index is -0.252. The molecule has 2 aliphatic heterocycles. The van der Waals surface area contributed by atoms with Crippen LogP contribution >= 0.6 is 0 Å². The number of pyridine rings is 1. The maximum absolute atomic E-state index is 13.0. The molecule has 7 nitrogen and oxygen atoms in total. The largest absolute Gasteiger partial charge is 0.352 e. The zero-order valence-corrected chi connectivity index (χ0v) is 17.6. The molecule has 1 aromatic heterocycles. The van der Waals surface area contributed by atoms with Gasteiger partial charge in [0.2, 0.25) is 11.8 Å². The highest BCUT2D eigenvalue weighted by Crippen LogP contribution is 2.25. The van der Waals surface area contributed by atoms with E-state index in [9.17, 15) is 14.4 Å². The lowest BCUT2D eigenvalue weighted by Crippen LogP contribution is -2.44. The van der Waals surface area contributed by atoms with Crippen LogP contribution in [0.15, 0.2) is 54.9 Å². The van der Waals surface area contributed by atoms with Crippen molar-refractivity contribution < 1.29 is 14.4 Å². The van der Waals surface area contributed by atoms with E-state index in [1.807, 2.05) is 35.2 Å². The van der Waals surface area contributed by atoms with Crippen LogP contribution in [0.5, 0.6) is 0 Å². The van der Waals surface area contributed by atoms with Crippen LogP contribution in [0.3, 0.4) is 0 Å². The van der Waals surface area contributed by atoms with E-state index in [2.05, 4.69) is 10.3 Å². The van der Waals surface area contributed by atoms with Crippen LogP contribution in [0.1, 0.15) is 35.2 Å². The second-order valence-corrected chi connectivity index (χ2v) is 8.38. The van der Waals surface area contributed by atoms with Gasteiger partial charge in [0.25, 0.3) is 5.91 Å². The van der Waals surface area contributed by atoms with E-state index < -0.39 is 0 Å². The topological polar surface area (TPSA) is 82.6 Å². The second kappa shape index (κ2) is 9.73. The number of nitrogens with one attached hydrogen (secondary N) is 1. The van der Waals surface area contributed by atoms with Crippen molar-refractivity contribution in [3.05, 3.63) is 66.0 Å². The third kappa shape index (κ3) is 5.29. The van der Waals surface area contributed by atoms with E-state index in [-0.39, 0.29) is 23.6 Å². The number of hydrogen-bond donors (Lipinski definition) is 1. The Morgan fingerprint density at radius 3 is 2.55 bits per heavy atom. The fourth-order valence-electron chi connectivity index (χ4n) is 4.35. The number of nitrogens with zero attached hydrogens (tertiary/aromatic N) is 3. The third-order valence-corrected chi connectivity index (χ3v) is 6.18. The summed E-state index contributed by atoms with van der Waals surface area (Å²) in [6.07, 6.45) is 5.20. The molecule has 0 bridgehead atoms. The van der Waals surface area contributed by atoms with E-state index in [1.54, 1.807) is 29.4 Å². The van der Waals surface area contributed by atoms with Gasteiger partial charge in [-0.25, -0.2) is 0 Å². The first-order valence-corrected chi connectivity index (χ1v) is 10.9. The van der Waals surface area contributed by atoms with E-state index in [0.29, 0.717) is 50.6 Å². The summed E-state index contributed by atoms with van der Waals surface area (Å²) in [7, 11) is 0. The number of aromatic nitrogens is 1. The Hall–Kier alpha value is -3.22. The third-order valence-electron chi connectivity index (χ3n) is 6.18. The highest BCUT2D eigenvalue weighted by Gasteiger charge is 2.37. The van der Waals surface area contributed by atoms with Crippen LogP contribution in [-0.4, -0.2) is 58.7 Å². The van der Waals surface area contributed by atoms with E-state index in [0.717, 1.165) is 18.4 Å². The number of carbonyl (C=O) groups excluding carboxylic acids is 3. The molecule has 2 fully saturated rings. The summed E-state index contributed by atoms with van der Waals surface area (Å²) in [4.78, 5) is 45.2.